The molecule has 1 atom stereocenters. The highest BCUT2D eigenvalue weighted by molar-refractivity contribution is 6.30. The predicted molar refractivity (Wildman–Crippen MR) is 103 cm³/mol. The fraction of sp³-hybridized carbons (Fsp3) is 0.421. The van der Waals surface area contributed by atoms with E-state index >= 15 is 0 Å². The fourth-order valence-corrected chi connectivity index (χ4v) is 2.92. The summed E-state index contributed by atoms with van der Waals surface area (Å²) in [4.78, 5) is 24.3. The number of halogens is 1. The van der Waals surface area contributed by atoms with Gasteiger partial charge in [0.2, 0.25) is 0 Å². The number of nitrogens with one attached hydrogen (secondary N) is 1. The van der Waals surface area contributed by atoms with E-state index in [4.69, 9.17) is 21.1 Å². The maximum Gasteiger partial charge on any atom is 0.344 e. The number of esters is 1. The Balaban J connectivity index is 1.90. The molecule has 146 valence electrons. The average molecular weight is 394 g/mol. The molecule has 0 aliphatic carbocycles. The molecular formula is C19H24ClN3O4. The zero-order valence-corrected chi connectivity index (χ0v) is 16.8. The van der Waals surface area contributed by atoms with E-state index in [9.17, 15) is 9.59 Å². The summed E-state index contributed by atoms with van der Waals surface area (Å²) in [5.41, 5.74) is 1.64. The number of carbonyl (C=O) groups is 2. The Labute approximate surface area is 163 Å². The van der Waals surface area contributed by atoms with Gasteiger partial charge in [-0.1, -0.05) is 11.6 Å². The average Bonchev–Trinajstić information content (AvgIpc) is 3.02. The third-order valence-corrected chi connectivity index (χ3v) is 4.07. The highest BCUT2D eigenvalue weighted by Crippen LogP contribution is 2.27. The molecule has 1 N–H and O–H groups in total. The number of hydrogen-bond acceptors (Lipinski definition) is 5. The molecule has 2 rings (SSSR count). The minimum atomic E-state index is -0.968. The quantitative estimate of drug-likeness (QED) is 0.725. The van der Waals surface area contributed by atoms with Gasteiger partial charge in [0.15, 0.2) is 12.7 Å². The van der Waals surface area contributed by atoms with Gasteiger partial charge in [-0.25, -0.2) is 9.48 Å². The van der Waals surface area contributed by atoms with Gasteiger partial charge in [-0.15, -0.1) is 0 Å². The highest BCUT2D eigenvalue weighted by atomic mass is 35.5. The molecule has 1 aromatic carbocycles. The Morgan fingerprint density at radius 1 is 1.22 bits per heavy atom. The first kappa shape index (κ1) is 20.8. The summed E-state index contributed by atoms with van der Waals surface area (Å²) >= 11 is 5.98. The SMILES string of the molecule is Cc1cc(Cl)cc(C)c1OCC(=O)O[C@H](C)C(=O)Nc1ccnn1C(C)C. The maximum absolute atomic E-state index is 12.3. The summed E-state index contributed by atoms with van der Waals surface area (Å²) in [5, 5.41) is 7.45. The fourth-order valence-electron chi connectivity index (χ4n) is 2.59. The number of benzene rings is 1. The van der Waals surface area contributed by atoms with Crippen LogP contribution in [-0.2, 0) is 14.3 Å². The second-order valence-corrected chi connectivity index (χ2v) is 6.97. The van der Waals surface area contributed by atoms with Gasteiger partial charge in [0.1, 0.15) is 11.6 Å². The lowest BCUT2D eigenvalue weighted by atomic mass is 10.1. The van der Waals surface area contributed by atoms with Crippen LogP contribution in [0.25, 0.3) is 0 Å². The van der Waals surface area contributed by atoms with Crippen molar-refractivity contribution in [3.05, 3.63) is 40.5 Å². The van der Waals surface area contributed by atoms with Crippen molar-refractivity contribution in [2.24, 2.45) is 0 Å². The van der Waals surface area contributed by atoms with Crippen molar-refractivity contribution in [1.82, 2.24) is 9.78 Å². The number of carbonyl (C=O) groups excluding carboxylic acids is 2. The molecule has 0 saturated carbocycles. The van der Waals surface area contributed by atoms with Crippen molar-refractivity contribution in [3.63, 3.8) is 0 Å². The first-order chi connectivity index (χ1) is 12.7. The number of rotatable bonds is 7. The largest absolute Gasteiger partial charge is 0.481 e. The summed E-state index contributed by atoms with van der Waals surface area (Å²) in [5.74, 6) is 0.0456. The molecule has 8 heteroatoms. The van der Waals surface area contributed by atoms with E-state index in [0.29, 0.717) is 16.6 Å². The normalized spacial score (nSPS) is 12.0. The van der Waals surface area contributed by atoms with Gasteiger partial charge in [-0.05, 0) is 57.9 Å². The number of hydrogen-bond donors (Lipinski definition) is 1. The molecule has 7 nitrogen and oxygen atoms in total. The Hall–Kier alpha value is -2.54. The van der Waals surface area contributed by atoms with Crippen LogP contribution in [0.15, 0.2) is 24.4 Å². The summed E-state index contributed by atoms with van der Waals surface area (Å²) in [7, 11) is 0. The van der Waals surface area contributed by atoms with Gasteiger partial charge in [0, 0.05) is 17.1 Å². The van der Waals surface area contributed by atoms with Crippen LogP contribution in [0.3, 0.4) is 0 Å². The number of aryl methyl sites for hydroxylation is 2. The monoisotopic (exact) mass is 393 g/mol. The number of aromatic nitrogens is 2. The summed E-state index contributed by atoms with van der Waals surface area (Å²) in [6, 6.07) is 5.28. The van der Waals surface area contributed by atoms with E-state index < -0.39 is 18.0 Å². The second-order valence-electron chi connectivity index (χ2n) is 6.53. The molecule has 1 aromatic heterocycles. The predicted octanol–water partition coefficient (Wildman–Crippen LogP) is 3.68. The molecule has 0 fully saturated rings. The first-order valence-electron chi connectivity index (χ1n) is 8.62. The Kier molecular flexibility index (Phi) is 6.85. The van der Waals surface area contributed by atoms with Gasteiger partial charge in [-0.3, -0.25) is 4.79 Å². The van der Waals surface area contributed by atoms with Crippen LogP contribution in [0.2, 0.25) is 5.02 Å². The van der Waals surface area contributed by atoms with E-state index in [1.807, 2.05) is 27.7 Å². The molecule has 0 bridgehead atoms. The third kappa shape index (κ3) is 5.47. The lowest BCUT2D eigenvalue weighted by Gasteiger charge is -2.16. The lowest BCUT2D eigenvalue weighted by Crippen LogP contribution is -2.32. The molecule has 27 heavy (non-hydrogen) atoms. The van der Waals surface area contributed by atoms with Crippen molar-refractivity contribution in [2.75, 3.05) is 11.9 Å². The van der Waals surface area contributed by atoms with Crippen molar-refractivity contribution >= 4 is 29.3 Å². The molecule has 0 aliphatic heterocycles. The minimum absolute atomic E-state index is 0.0902. The molecule has 0 aliphatic rings. The topological polar surface area (TPSA) is 82.4 Å². The van der Waals surface area contributed by atoms with Crippen LogP contribution in [-0.4, -0.2) is 34.4 Å². The van der Waals surface area contributed by atoms with Crippen LogP contribution < -0.4 is 10.1 Å². The molecule has 0 radical (unpaired) electrons. The summed E-state index contributed by atoms with van der Waals surface area (Å²) in [6.45, 7) is 8.78. The standard InChI is InChI=1S/C19H24ClN3O4/c1-11(2)23-16(6-7-21-23)22-19(25)14(5)27-17(24)10-26-18-12(3)8-15(20)9-13(18)4/h6-9,11,14H,10H2,1-5H3,(H,22,25)/t14-/m1/s1. The minimum Gasteiger partial charge on any atom is -0.481 e. The van der Waals surface area contributed by atoms with Crippen LogP contribution in [0, 0.1) is 13.8 Å². The van der Waals surface area contributed by atoms with Crippen LogP contribution >= 0.6 is 11.6 Å². The summed E-state index contributed by atoms with van der Waals surface area (Å²) in [6.07, 6.45) is 0.626. The van der Waals surface area contributed by atoms with Crippen LogP contribution in [0.5, 0.6) is 5.75 Å². The smallest absolute Gasteiger partial charge is 0.344 e. The molecule has 0 spiro atoms. The van der Waals surface area contributed by atoms with Gasteiger partial charge in [0.05, 0.1) is 6.20 Å². The van der Waals surface area contributed by atoms with Crippen molar-refractivity contribution in [2.45, 2.75) is 46.8 Å². The molecule has 1 heterocycles. The Morgan fingerprint density at radius 3 is 2.44 bits per heavy atom. The van der Waals surface area contributed by atoms with E-state index in [0.717, 1.165) is 11.1 Å². The first-order valence-corrected chi connectivity index (χ1v) is 9.00. The van der Waals surface area contributed by atoms with Gasteiger partial charge < -0.3 is 14.8 Å². The zero-order chi connectivity index (χ0) is 20.1. The molecule has 0 unspecified atom stereocenters. The molecular weight excluding hydrogens is 370 g/mol. The van der Waals surface area contributed by atoms with E-state index in [1.54, 1.807) is 29.1 Å². The molecule has 1 amide bonds. The van der Waals surface area contributed by atoms with Crippen molar-refractivity contribution in [3.8, 4) is 5.75 Å². The Bertz CT molecular complexity index is 809. The Morgan fingerprint density at radius 2 is 1.85 bits per heavy atom. The second kappa shape index (κ2) is 8.90. The van der Waals surface area contributed by atoms with E-state index in [1.165, 1.54) is 6.92 Å². The number of amides is 1. The lowest BCUT2D eigenvalue weighted by molar-refractivity contribution is -0.155. The maximum atomic E-state index is 12.3. The molecule has 0 saturated heterocycles. The number of anilines is 1. The summed E-state index contributed by atoms with van der Waals surface area (Å²) < 4.78 is 12.4. The van der Waals surface area contributed by atoms with Crippen LogP contribution in [0.4, 0.5) is 5.82 Å². The van der Waals surface area contributed by atoms with Crippen molar-refractivity contribution in [1.29, 1.82) is 0 Å². The van der Waals surface area contributed by atoms with Crippen LogP contribution in [0.1, 0.15) is 37.9 Å². The number of nitrogens with zero attached hydrogens (tertiary/aromatic N) is 2. The van der Waals surface area contributed by atoms with Gasteiger partial charge in [0.25, 0.3) is 5.91 Å². The molecule has 2 aromatic rings. The van der Waals surface area contributed by atoms with E-state index in [-0.39, 0.29) is 12.6 Å². The number of ether oxygens (including phenoxy) is 2. The highest BCUT2D eigenvalue weighted by Gasteiger charge is 2.20. The van der Waals surface area contributed by atoms with E-state index in [2.05, 4.69) is 10.4 Å². The van der Waals surface area contributed by atoms with Crippen molar-refractivity contribution < 1.29 is 19.1 Å². The van der Waals surface area contributed by atoms with Gasteiger partial charge in [-0.2, -0.15) is 5.10 Å². The van der Waals surface area contributed by atoms with Gasteiger partial charge >= 0.3 is 5.97 Å². The third-order valence-electron chi connectivity index (χ3n) is 3.85. The zero-order valence-electron chi connectivity index (χ0n) is 16.1.